The van der Waals surface area contributed by atoms with Crippen LogP contribution >= 0.6 is 0 Å². The van der Waals surface area contributed by atoms with Crippen LogP contribution in [0, 0.1) is 5.82 Å². The average molecular weight is 449 g/mol. The Balaban J connectivity index is 1.66. The Morgan fingerprint density at radius 2 is 1.85 bits per heavy atom. The average Bonchev–Trinajstić information content (AvgIpc) is 3.46. The maximum absolute atomic E-state index is 14.8. The molecule has 2 aromatic heterocycles. The third-order valence-corrected chi connectivity index (χ3v) is 5.29. The van der Waals surface area contributed by atoms with Crippen molar-refractivity contribution in [2.75, 3.05) is 0 Å². The summed E-state index contributed by atoms with van der Waals surface area (Å²) >= 11 is 0. The molecule has 0 fully saturated rings. The molecule has 0 bridgehead atoms. The van der Waals surface area contributed by atoms with Crippen LogP contribution in [-0.4, -0.2) is 37.7 Å². The van der Waals surface area contributed by atoms with Crippen molar-refractivity contribution in [1.29, 1.82) is 0 Å². The number of amides is 2. The van der Waals surface area contributed by atoms with Crippen molar-refractivity contribution in [2.45, 2.75) is 39.0 Å². The van der Waals surface area contributed by atoms with Gasteiger partial charge in [0.1, 0.15) is 29.7 Å². The number of furan rings is 1. The van der Waals surface area contributed by atoms with Crippen LogP contribution in [-0.2, 0) is 22.7 Å². The summed E-state index contributed by atoms with van der Waals surface area (Å²) in [4.78, 5) is 28.2. The Hall–Kier alpha value is -4.01. The molecule has 1 unspecified atom stereocenters. The normalized spacial score (nSPS) is 12.1. The van der Waals surface area contributed by atoms with Gasteiger partial charge in [-0.25, -0.2) is 9.07 Å². The highest BCUT2D eigenvalue weighted by Crippen LogP contribution is 2.27. The molecule has 2 heterocycles. The van der Waals surface area contributed by atoms with E-state index >= 15 is 0 Å². The molecule has 4 aromatic rings. The molecule has 0 saturated carbocycles. The second-order valence-electron chi connectivity index (χ2n) is 7.85. The van der Waals surface area contributed by atoms with Gasteiger partial charge in [0, 0.05) is 11.6 Å². The largest absolute Gasteiger partial charge is 0.467 e. The number of para-hydroxylation sites is 1. The molecule has 9 heteroatoms. The number of hydrogen-bond donors (Lipinski definition) is 1. The number of nitrogens with zero attached hydrogens (tertiary/aromatic N) is 4. The summed E-state index contributed by atoms with van der Waals surface area (Å²) in [6.45, 7) is 3.54. The van der Waals surface area contributed by atoms with E-state index in [4.69, 9.17) is 4.42 Å². The van der Waals surface area contributed by atoms with Gasteiger partial charge in [-0.2, -0.15) is 0 Å². The van der Waals surface area contributed by atoms with Crippen molar-refractivity contribution >= 4 is 22.8 Å². The van der Waals surface area contributed by atoms with Gasteiger partial charge in [-0.1, -0.05) is 35.5 Å². The molecule has 0 aliphatic rings. The minimum Gasteiger partial charge on any atom is -0.467 e. The number of rotatable bonds is 8. The SMILES string of the molecule is CC(C)N(C(=O)Cn1nnc2ccccc21)C(C(=O)NCc1ccco1)c1ccccc1F. The van der Waals surface area contributed by atoms with Crippen molar-refractivity contribution in [3.8, 4) is 0 Å². The van der Waals surface area contributed by atoms with Gasteiger partial charge in [-0.15, -0.1) is 5.10 Å². The van der Waals surface area contributed by atoms with Gasteiger partial charge in [0.15, 0.2) is 0 Å². The minimum atomic E-state index is -1.18. The highest BCUT2D eigenvalue weighted by Gasteiger charge is 2.35. The van der Waals surface area contributed by atoms with Gasteiger partial charge < -0.3 is 14.6 Å². The molecule has 0 aliphatic heterocycles. The van der Waals surface area contributed by atoms with Gasteiger partial charge >= 0.3 is 0 Å². The third-order valence-electron chi connectivity index (χ3n) is 5.29. The first kappa shape index (κ1) is 22.2. The van der Waals surface area contributed by atoms with E-state index in [2.05, 4.69) is 15.6 Å². The van der Waals surface area contributed by atoms with E-state index in [0.717, 1.165) is 0 Å². The highest BCUT2D eigenvalue weighted by molar-refractivity contribution is 5.89. The van der Waals surface area contributed by atoms with E-state index < -0.39 is 23.8 Å². The first-order valence-corrected chi connectivity index (χ1v) is 10.6. The van der Waals surface area contributed by atoms with E-state index in [-0.39, 0.29) is 24.6 Å². The van der Waals surface area contributed by atoms with E-state index in [1.807, 2.05) is 18.2 Å². The fourth-order valence-electron chi connectivity index (χ4n) is 3.77. The van der Waals surface area contributed by atoms with E-state index in [0.29, 0.717) is 16.8 Å². The standard InChI is InChI=1S/C24H24FN5O3/c1-16(2)30(22(31)15-29-21-12-6-5-11-20(21)27-28-29)23(18-9-3-4-10-19(18)25)24(32)26-14-17-8-7-13-33-17/h3-13,16,23H,14-15H2,1-2H3,(H,26,32). The van der Waals surface area contributed by atoms with Crippen LogP contribution in [0.25, 0.3) is 11.0 Å². The zero-order chi connectivity index (χ0) is 23.4. The second-order valence-corrected chi connectivity index (χ2v) is 7.85. The number of hydrogen-bond acceptors (Lipinski definition) is 5. The fourth-order valence-corrected chi connectivity index (χ4v) is 3.77. The lowest BCUT2D eigenvalue weighted by Gasteiger charge is -2.34. The zero-order valence-corrected chi connectivity index (χ0v) is 18.3. The number of halogens is 1. The van der Waals surface area contributed by atoms with Crippen molar-refractivity contribution in [3.05, 3.63) is 84.1 Å². The Kier molecular flexibility index (Phi) is 6.48. The number of carbonyl (C=O) groups excluding carboxylic acids is 2. The predicted octanol–water partition coefficient (Wildman–Crippen LogP) is 3.46. The number of aromatic nitrogens is 3. The van der Waals surface area contributed by atoms with Crippen molar-refractivity contribution in [1.82, 2.24) is 25.2 Å². The smallest absolute Gasteiger partial charge is 0.247 e. The Morgan fingerprint density at radius 1 is 1.09 bits per heavy atom. The molecule has 0 spiro atoms. The number of benzene rings is 2. The van der Waals surface area contributed by atoms with Crippen LogP contribution in [0.1, 0.15) is 31.2 Å². The minimum absolute atomic E-state index is 0.111. The van der Waals surface area contributed by atoms with Gasteiger partial charge in [-0.3, -0.25) is 9.59 Å². The molecule has 170 valence electrons. The van der Waals surface area contributed by atoms with E-state index in [1.54, 1.807) is 44.2 Å². The summed E-state index contributed by atoms with van der Waals surface area (Å²) in [6.07, 6.45) is 1.50. The maximum Gasteiger partial charge on any atom is 0.247 e. The van der Waals surface area contributed by atoms with Crippen molar-refractivity contribution in [3.63, 3.8) is 0 Å². The third kappa shape index (κ3) is 4.77. The Bertz CT molecular complexity index is 1250. The molecular weight excluding hydrogens is 425 g/mol. The zero-order valence-electron chi connectivity index (χ0n) is 18.3. The molecule has 0 saturated heterocycles. The van der Waals surface area contributed by atoms with Gasteiger partial charge in [0.05, 0.1) is 18.3 Å². The summed E-state index contributed by atoms with van der Waals surface area (Å²) in [5, 5.41) is 10.9. The molecule has 8 nitrogen and oxygen atoms in total. The number of carbonyl (C=O) groups is 2. The predicted molar refractivity (Wildman–Crippen MR) is 119 cm³/mol. The topological polar surface area (TPSA) is 93.3 Å². The van der Waals surface area contributed by atoms with Crippen molar-refractivity contribution in [2.24, 2.45) is 0 Å². The monoisotopic (exact) mass is 449 g/mol. The first-order valence-electron chi connectivity index (χ1n) is 10.6. The lowest BCUT2D eigenvalue weighted by atomic mass is 10.0. The highest BCUT2D eigenvalue weighted by atomic mass is 19.1. The first-order chi connectivity index (χ1) is 16.0. The second kappa shape index (κ2) is 9.64. The van der Waals surface area contributed by atoms with Crippen molar-refractivity contribution < 1.29 is 18.4 Å². The molecule has 1 N–H and O–H groups in total. The van der Waals surface area contributed by atoms with Gasteiger partial charge in [-0.05, 0) is 44.2 Å². The molecule has 0 aliphatic carbocycles. The lowest BCUT2D eigenvalue weighted by molar-refractivity contribution is -0.143. The summed E-state index contributed by atoms with van der Waals surface area (Å²) in [5.41, 5.74) is 1.46. The van der Waals surface area contributed by atoms with Gasteiger partial charge in [0.2, 0.25) is 11.8 Å². The summed E-state index contributed by atoms with van der Waals surface area (Å²) in [7, 11) is 0. The van der Waals surface area contributed by atoms with Crippen LogP contribution < -0.4 is 5.32 Å². The molecule has 4 rings (SSSR count). The molecule has 1 atom stereocenters. The Labute approximate surface area is 190 Å². The van der Waals surface area contributed by atoms with Crippen LogP contribution in [0.3, 0.4) is 0 Å². The molecule has 2 amide bonds. The van der Waals surface area contributed by atoms with Crippen LogP contribution in [0.4, 0.5) is 4.39 Å². The summed E-state index contributed by atoms with van der Waals surface area (Å²) < 4.78 is 21.6. The lowest BCUT2D eigenvalue weighted by Crippen LogP contribution is -2.48. The molecule has 2 aromatic carbocycles. The number of fused-ring (bicyclic) bond motifs is 1. The van der Waals surface area contributed by atoms with E-state index in [9.17, 15) is 14.0 Å². The molecule has 0 radical (unpaired) electrons. The van der Waals surface area contributed by atoms with E-state index in [1.165, 1.54) is 28.0 Å². The Morgan fingerprint density at radius 3 is 2.58 bits per heavy atom. The fraction of sp³-hybridized carbons (Fsp3) is 0.250. The van der Waals surface area contributed by atoms with Gasteiger partial charge in [0.25, 0.3) is 0 Å². The summed E-state index contributed by atoms with van der Waals surface area (Å²) in [5.74, 6) is -0.920. The van der Waals surface area contributed by atoms with Crippen LogP contribution in [0.2, 0.25) is 0 Å². The molecular formula is C24H24FN5O3. The molecule has 33 heavy (non-hydrogen) atoms. The number of nitrogens with one attached hydrogen (secondary N) is 1. The maximum atomic E-state index is 14.8. The van der Waals surface area contributed by atoms with Crippen LogP contribution in [0.15, 0.2) is 71.3 Å². The quantitative estimate of drug-likeness (QED) is 0.445. The summed E-state index contributed by atoms with van der Waals surface area (Å²) in [6, 6.07) is 15.1. The van der Waals surface area contributed by atoms with Crippen LogP contribution in [0.5, 0.6) is 0 Å².